The first kappa shape index (κ1) is 16.7. The molecule has 1 aromatic rings. The van der Waals surface area contributed by atoms with Crippen molar-refractivity contribution in [1.29, 1.82) is 0 Å². The maximum atomic E-state index is 11.8. The van der Waals surface area contributed by atoms with E-state index in [9.17, 15) is 9.90 Å². The molecular formula is C12H18Br2N2O3. The molecule has 0 aliphatic carbocycles. The Morgan fingerprint density at radius 1 is 1.47 bits per heavy atom. The number of carbonyl (C=O) groups is 1. The fraction of sp³-hybridized carbons (Fsp3) is 0.667. The van der Waals surface area contributed by atoms with E-state index in [1.807, 2.05) is 6.92 Å². The van der Waals surface area contributed by atoms with Crippen LogP contribution in [0.4, 0.5) is 0 Å². The molecule has 1 aromatic heterocycles. The van der Waals surface area contributed by atoms with Gasteiger partial charge in [0.15, 0.2) is 0 Å². The van der Waals surface area contributed by atoms with Crippen LogP contribution in [-0.2, 0) is 11.3 Å². The Balaban J connectivity index is 2.71. The molecule has 1 heterocycles. The number of aliphatic hydroxyl groups is 1. The summed E-state index contributed by atoms with van der Waals surface area (Å²) < 4.78 is 7.73. The Morgan fingerprint density at radius 3 is 2.74 bits per heavy atom. The van der Waals surface area contributed by atoms with Gasteiger partial charge in [-0.1, -0.05) is 6.92 Å². The Morgan fingerprint density at radius 2 is 2.16 bits per heavy atom. The van der Waals surface area contributed by atoms with Crippen LogP contribution in [0.2, 0.25) is 0 Å². The number of carbonyl (C=O) groups excluding carboxylic acids is 1. The van der Waals surface area contributed by atoms with Crippen LogP contribution in [0, 0.1) is 0 Å². The van der Waals surface area contributed by atoms with E-state index >= 15 is 0 Å². The Labute approximate surface area is 129 Å². The van der Waals surface area contributed by atoms with Gasteiger partial charge in [-0.3, -0.25) is 4.68 Å². The van der Waals surface area contributed by atoms with Crippen molar-refractivity contribution >= 4 is 37.8 Å². The third-order valence-corrected chi connectivity index (χ3v) is 4.07. The van der Waals surface area contributed by atoms with Gasteiger partial charge in [-0.05, 0) is 58.0 Å². The molecule has 0 saturated heterocycles. The summed E-state index contributed by atoms with van der Waals surface area (Å²) in [6.07, 6.45) is 1.99. The molecule has 1 unspecified atom stereocenters. The SMILES string of the molecule is CCOC(=O)c1c(Br)nn(CCCC(O)CC)c1Br. The number of hydrogen-bond acceptors (Lipinski definition) is 4. The van der Waals surface area contributed by atoms with Gasteiger partial charge in [0.05, 0.1) is 12.7 Å². The molecule has 1 N–H and O–H groups in total. The number of aromatic nitrogens is 2. The first-order valence-electron chi connectivity index (χ1n) is 6.28. The van der Waals surface area contributed by atoms with Crippen LogP contribution in [0.3, 0.4) is 0 Å². The number of aryl methyl sites for hydroxylation is 1. The average molecular weight is 398 g/mol. The minimum Gasteiger partial charge on any atom is -0.462 e. The summed E-state index contributed by atoms with van der Waals surface area (Å²) >= 11 is 6.63. The lowest BCUT2D eigenvalue weighted by Gasteiger charge is -2.08. The van der Waals surface area contributed by atoms with Crippen molar-refractivity contribution in [3.8, 4) is 0 Å². The van der Waals surface area contributed by atoms with Crippen molar-refractivity contribution in [2.75, 3.05) is 6.61 Å². The van der Waals surface area contributed by atoms with Crippen molar-refractivity contribution in [3.05, 3.63) is 14.8 Å². The van der Waals surface area contributed by atoms with Crippen molar-refractivity contribution in [2.24, 2.45) is 0 Å². The highest BCUT2D eigenvalue weighted by Gasteiger charge is 2.21. The number of rotatable bonds is 7. The molecule has 0 fully saturated rings. The molecule has 19 heavy (non-hydrogen) atoms. The lowest BCUT2D eigenvalue weighted by molar-refractivity contribution is 0.0524. The first-order valence-corrected chi connectivity index (χ1v) is 7.86. The number of ether oxygens (including phenoxy) is 1. The van der Waals surface area contributed by atoms with E-state index < -0.39 is 5.97 Å². The predicted molar refractivity (Wildman–Crippen MR) is 79.1 cm³/mol. The molecule has 0 spiro atoms. The third-order valence-electron chi connectivity index (χ3n) is 2.71. The van der Waals surface area contributed by atoms with E-state index in [-0.39, 0.29) is 6.10 Å². The van der Waals surface area contributed by atoms with Gasteiger partial charge in [0.1, 0.15) is 14.8 Å². The van der Waals surface area contributed by atoms with E-state index in [0.717, 1.165) is 19.3 Å². The minimum absolute atomic E-state index is 0.276. The van der Waals surface area contributed by atoms with Crippen LogP contribution in [0.25, 0.3) is 0 Å². The molecule has 108 valence electrons. The zero-order valence-corrected chi connectivity index (χ0v) is 14.2. The lowest BCUT2D eigenvalue weighted by atomic mass is 10.1. The maximum absolute atomic E-state index is 11.8. The minimum atomic E-state index is -0.402. The van der Waals surface area contributed by atoms with Crippen LogP contribution in [-0.4, -0.2) is 33.6 Å². The molecule has 1 atom stereocenters. The monoisotopic (exact) mass is 396 g/mol. The topological polar surface area (TPSA) is 64.3 Å². The van der Waals surface area contributed by atoms with Gasteiger partial charge < -0.3 is 9.84 Å². The highest BCUT2D eigenvalue weighted by Crippen LogP contribution is 2.26. The van der Waals surface area contributed by atoms with Crippen LogP contribution in [0.5, 0.6) is 0 Å². The van der Waals surface area contributed by atoms with E-state index in [1.165, 1.54) is 0 Å². The molecule has 7 heteroatoms. The van der Waals surface area contributed by atoms with Gasteiger partial charge in [0, 0.05) is 6.54 Å². The van der Waals surface area contributed by atoms with Crippen LogP contribution in [0.1, 0.15) is 43.5 Å². The zero-order valence-electron chi connectivity index (χ0n) is 11.0. The Kier molecular flexibility index (Phi) is 7.02. The Bertz CT molecular complexity index is 435. The summed E-state index contributed by atoms with van der Waals surface area (Å²) in [5.41, 5.74) is 0.401. The molecule has 0 aliphatic heterocycles. The van der Waals surface area contributed by atoms with E-state index in [0.29, 0.717) is 27.9 Å². The largest absolute Gasteiger partial charge is 0.462 e. The highest BCUT2D eigenvalue weighted by molar-refractivity contribution is 9.11. The average Bonchev–Trinajstić information content (AvgIpc) is 2.64. The van der Waals surface area contributed by atoms with Crippen molar-refractivity contribution in [1.82, 2.24) is 9.78 Å². The third kappa shape index (κ3) is 4.57. The van der Waals surface area contributed by atoms with Crippen molar-refractivity contribution in [3.63, 3.8) is 0 Å². The lowest BCUT2D eigenvalue weighted by Crippen LogP contribution is -2.09. The van der Waals surface area contributed by atoms with E-state index in [4.69, 9.17) is 4.74 Å². The Hall–Kier alpha value is -0.400. The van der Waals surface area contributed by atoms with Gasteiger partial charge in [0.2, 0.25) is 0 Å². The summed E-state index contributed by atoms with van der Waals surface area (Å²) in [4.78, 5) is 11.8. The zero-order chi connectivity index (χ0) is 14.4. The van der Waals surface area contributed by atoms with Gasteiger partial charge in [-0.25, -0.2) is 4.79 Å². The standard InChI is InChI=1S/C12H18Br2N2O3/c1-3-8(17)6-5-7-16-11(14)9(10(13)15-16)12(18)19-4-2/h8,17H,3-7H2,1-2H3. The van der Waals surface area contributed by atoms with Gasteiger partial charge >= 0.3 is 5.97 Å². The summed E-state index contributed by atoms with van der Waals surface area (Å²) in [6.45, 7) is 4.67. The van der Waals surface area contributed by atoms with Crippen LogP contribution >= 0.6 is 31.9 Å². The number of aliphatic hydroxyl groups excluding tert-OH is 1. The van der Waals surface area contributed by atoms with Gasteiger partial charge in [-0.15, -0.1) is 0 Å². The fourth-order valence-corrected chi connectivity index (χ4v) is 3.03. The molecule has 0 amide bonds. The summed E-state index contributed by atoms with van der Waals surface area (Å²) in [6, 6.07) is 0. The molecule has 0 aliphatic rings. The molecule has 0 bridgehead atoms. The summed E-state index contributed by atoms with van der Waals surface area (Å²) in [5, 5.41) is 13.7. The van der Waals surface area contributed by atoms with Crippen molar-refractivity contribution < 1.29 is 14.6 Å². The maximum Gasteiger partial charge on any atom is 0.343 e. The van der Waals surface area contributed by atoms with Gasteiger partial charge in [0.25, 0.3) is 0 Å². The van der Waals surface area contributed by atoms with Crippen LogP contribution < -0.4 is 0 Å². The van der Waals surface area contributed by atoms with E-state index in [1.54, 1.807) is 11.6 Å². The number of halogens is 2. The molecule has 0 saturated carbocycles. The second-order valence-electron chi connectivity index (χ2n) is 4.10. The van der Waals surface area contributed by atoms with E-state index in [2.05, 4.69) is 37.0 Å². The molecule has 0 radical (unpaired) electrons. The quantitative estimate of drug-likeness (QED) is 0.717. The molecule has 1 rings (SSSR count). The first-order chi connectivity index (χ1) is 9.01. The fourth-order valence-electron chi connectivity index (χ4n) is 1.61. The number of hydrogen-bond donors (Lipinski definition) is 1. The predicted octanol–water partition coefficient (Wildman–Crippen LogP) is 3.14. The molecule has 0 aromatic carbocycles. The smallest absolute Gasteiger partial charge is 0.343 e. The number of nitrogens with zero attached hydrogens (tertiary/aromatic N) is 2. The molecular weight excluding hydrogens is 380 g/mol. The molecule has 5 nitrogen and oxygen atoms in total. The highest BCUT2D eigenvalue weighted by atomic mass is 79.9. The number of esters is 1. The normalized spacial score (nSPS) is 12.5. The van der Waals surface area contributed by atoms with Crippen LogP contribution in [0.15, 0.2) is 9.21 Å². The van der Waals surface area contributed by atoms with Crippen molar-refractivity contribution in [2.45, 2.75) is 45.8 Å². The van der Waals surface area contributed by atoms with Gasteiger partial charge in [-0.2, -0.15) is 5.10 Å². The second kappa shape index (κ2) is 8.01. The summed E-state index contributed by atoms with van der Waals surface area (Å²) in [7, 11) is 0. The summed E-state index contributed by atoms with van der Waals surface area (Å²) in [5.74, 6) is -0.402. The second-order valence-corrected chi connectivity index (χ2v) is 5.61.